The number of rotatable bonds is 5. The summed E-state index contributed by atoms with van der Waals surface area (Å²) < 4.78 is 22.0. The van der Waals surface area contributed by atoms with Crippen molar-refractivity contribution in [3.63, 3.8) is 0 Å². The molecule has 0 aromatic heterocycles. The number of primary sulfonamides is 1. The summed E-state index contributed by atoms with van der Waals surface area (Å²) in [7, 11) is -3.40. The van der Waals surface area contributed by atoms with Crippen molar-refractivity contribution in [2.75, 3.05) is 5.75 Å². The van der Waals surface area contributed by atoms with Crippen LogP contribution >= 0.6 is 0 Å². The van der Waals surface area contributed by atoms with E-state index >= 15 is 0 Å². The van der Waals surface area contributed by atoms with Crippen molar-refractivity contribution in [2.24, 2.45) is 11.1 Å². The van der Waals surface area contributed by atoms with Crippen LogP contribution < -0.4 is 5.14 Å². The first-order valence-corrected chi connectivity index (χ1v) is 7.59. The van der Waals surface area contributed by atoms with E-state index in [9.17, 15) is 8.42 Å². The van der Waals surface area contributed by atoms with Gasteiger partial charge in [-0.2, -0.15) is 0 Å². The van der Waals surface area contributed by atoms with Crippen molar-refractivity contribution in [1.82, 2.24) is 0 Å². The van der Waals surface area contributed by atoms with Gasteiger partial charge >= 0.3 is 0 Å². The van der Waals surface area contributed by atoms with Gasteiger partial charge in [-0.05, 0) is 29.4 Å². The van der Waals surface area contributed by atoms with Crippen molar-refractivity contribution < 1.29 is 8.42 Å². The zero-order valence-corrected chi connectivity index (χ0v) is 11.5. The van der Waals surface area contributed by atoms with Gasteiger partial charge in [-0.25, -0.2) is 13.6 Å². The van der Waals surface area contributed by atoms with Gasteiger partial charge in [0, 0.05) is 0 Å². The second-order valence-corrected chi connectivity index (χ2v) is 6.73. The lowest BCUT2D eigenvalue weighted by Crippen LogP contribution is -2.20. The van der Waals surface area contributed by atoms with Crippen molar-refractivity contribution in [1.29, 1.82) is 0 Å². The Labute approximate surface area is 104 Å². The second-order valence-electron chi connectivity index (χ2n) is 5.07. The lowest BCUT2D eigenvalue weighted by Gasteiger charge is -2.11. The molecule has 17 heavy (non-hydrogen) atoms. The molecular formula is C13H21NO2S. The third-order valence-corrected chi connectivity index (χ3v) is 3.64. The molecule has 2 N–H and O–H groups in total. The van der Waals surface area contributed by atoms with Crippen LogP contribution in [0.5, 0.6) is 0 Å². The minimum Gasteiger partial charge on any atom is -0.229 e. The first-order chi connectivity index (χ1) is 7.78. The Morgan fingerprint density at radius 2 is 1.65 bits per heavy atom. The Morgan fingerprint density at radius 1 is 1.12 bits per heavy atom. The van der Waals surface area contributed by atoms with Crippen LogP contribution in [0.1, 0.15) is 37.8 Å². The highest BCUT2D eigenvalue weighted by molar-refractivity contribution is 7.89. The van der Waals surface area contributed by atoms with Crippen molar-refractivity contribution >= 4 is 10.0 Å². The molecule has 0 radical (unpaired) electrons. The molecular weight excluding hydrogens is 234 g/mol. The molecule has 0 spiro atoms. The predicted octanol–water partition coefficient (Wildman–Crippen LogP) is 2.28. The van der Waals surface area contributed by atoms with Crippen LogP contribution in [0.25, 0.3) is 0 Å². The molecule has 0 heterocycles. The Morgan fingerprint density at radius 3 is 2.06 bits per heavy atom. The summed E-state index contributed by atoms with van der Waals surface area (Å²) in [5.41, 5.74) is 2.30. The first-order valence-electron chi connectivity index (χ1n) is 5.87. The Hall–Kier alpha value is -0.870. The van der Waals surface area contributed by atoms with Gasteiger partial charge in [0.15, 0.2) is 0 Å². The van der Waals surface area contributed by atoms with Gasteiger partial charge in [-0.15, -0.1) is 0 Å². The highest BCUT2D eigenvalue weighted by Crippen LogP contribution is 2.18. The van der Waals surface area contributed by atoms with Crippen molar-refractivity contribution in [2.45, 2.75) is 33.1 Å². The maximum atomic E-state index is 11.0. The fraction of sp³-hybridized carbons (Fsp3) is 0.538. The number of nitrogens with two attached hydrogens (primary N) is 1. The summed E-state index contributed by atoms with van der Waals surface area (Å²) in [6.07, 6.45) is 1.05. The lowest BCUT2D eigenvalue weighted by molar-refractivity contribution is 0.592. The molecule has 0 aliphatic heterocycles. The van der Waals surface area contributed by atoms with Crippen molar-refractivity contribution in [3.05, 3.63) is 35.4 Å². The Kier molecular flexibility index (Phi) is 4.71. The smallest absolute Gasteiger partial charge is 0.209 e. The van der Waals surface area contributed by atoms with Gasteiger partial charge in [-0.1, -0.05) is 45.0 Å². The van der Waals surface area contributed by atoms with Crippen LogP contribution in [0.4, 0.5) is 0 Å². The molecule has 0 saturated heterocycles. The highest BCUT2D eigenvalue weighted by atomic mass is 32.2. The molecule has 0 aliphatic rings. The molecule has 1 atom stereocenters. The first kappa shape index (κ1) is 14.2. The fourth-order valence-corrected chi connectivity index (χ4v) is 2.79. The molecule has 0 amide bonds. The van der Waals surface area contributed by atoms with Crippen LogP contribution in [0.15, 0.2) is 24.3 Å². The van der Waals surface area contributed by atoms with Gasteiger partial charge in [-0.3, -0.25) is 0 Å². The van der Waals surface area contributed by atoms with E-state index in [1.165, 1.54) is 5.56 Å². The Balaban J connectivity index is 2.73. The van der Waals surface area contributed by atoms with E-state index in [0.29, 0.717) is 5.92 Å². The summed E-state index contributed by atoms with van der Waals surface area (Å²) in [5, 5.41) is 5.04. The quantitative estimate of drug-likeness (QED) is 0.877. The number of sulfonamides is 1. The van der Waals surface area contributed by atoms with E-state index in [2.05, 4.69) is 26.0 Å². The minimum absolute atomic E-state index is 0.00345. The molecule has 1 rings (SSSR count). The van der Waals surface area contributed by atoms with E-state index in [0.717, 1.165) is 12.0 Å². The number of hydrogen-bond acceptors (Lipinski definition) is 2. The molecule has 3 nitrogen and oxygen atoms in total. The molecule has 0 saturated carbocycles. The lowest BCUT2D eigenvalue weighted by atomic mass is 9.98. The fourth-order valence-electron chi connectivity index (χ4n) is 1.90. The topological polar surface area (TPSA) is 60.2 Å². The largest absolute Gasteiger partial charge is 0.229 e. The second kappa shape index (κ2) is 5.65. The summed E-state index contributed by atoms with van der Waals surface area (Å²) >= 11 is 0. The van der Waals surface area contributed by atoms with E-state index in [-0.39, 0.29) is 11.7 Å². The van der Waals surface area contributed by atoms with Crippen LogP contribution in [0, 0.1) is 5.92 Å². The number of benzene rings is 1. The van der Waals surface area contributed by atoms with Gasteiger partial charge in [0.05, 0.1) is 5.75 Å². The Bertz CT molecular complexity index is 449. The normalized spacial score (nSPS) is 13.9. The minimum atomic E-state index is -3.40. The third-order valence-electron chi connectivity index (χ3n) is 2.68. The number of hydrogen-bond donors (Lipinski definition) is 1. The van der Waals surface area contributed by atoms with Crippen LogP contribution in [-0.4, -0.2) is 14.2 Å². The highest BCUT2D eigenvalue weighted by Gasteiger charge is 2.12. The maximum Gasteiger partial charge on any atom is 0.209 e. The van der Waals surface area contributed by atoms with E-state index in [4.69, 9.17) is 5.14 Å². The zero-order valence-electron chi connectivity index (χ0n) is 10.7. The van der Waals surface area contributed by atoms with E-state index in [1.807, 2.05) is 19.1 Å². The predicted molar refractivity (Wildman–Crippen MR) is 71.4 cm³/mol. The molecule has 1 aromatic rings. The molecule has 1 unspecified atom stereocenters. The van der Waals surface area contributed by atoms with Crippen LogP contribution in [0.2, 0.25) is 0 Å². The summed E-state index contributed by atoms with van der Waals surface area (Å²) in [6, 6.07) is 8.12. The van der Waals surface area contributed by atoms with E-state index in [1.54, 1.807) is 0 Å². The molecule has 0 bridgehead atoms. The van der Waals surface area contributed by atoms with Crippen molar-refractivity contribution in [3.8, 4) is 0 Å². The van der Waals surface area contributed by atoms with Gasteiger partial charge in [0.2, 0.25) is 10.0 Å². The van der Waals surface area contributed by atoms with Crippen LogP contribution in [-0.2, 0) is 16.4 Å². The van der Waals surface area contributed by atoms with Crippen LogP contribution in [0.3, 0.4) is 0 Å². The summed E-state index contributed by atoms with van der Waals surface area (Å²) in [4.78, 5) is 0. The molecule has 4 heteroatoms. The molecule has 1 aromatic carbocycles. The molecule has 0 aliphatic carbocycles. The maximum absolute atomic E-state index is 11.0. The zero-order chi connectivity index (χ0) is 13.1. The van der Waals surface area contributed by atoms with Gasteiger partial charge in [0.25, 0.3) is 0 Å². The van der Waals surface area contributed by atoms with E-state index < -0.39 is 10.0 Å². The SMILES string of the molecule is CC(C)Cc1ccc(C(C)CS(N)(=O)=O)cc1. The summed E-state index contributed by atoms with van der Waals surface area (Å²) in [6.45, 7) is 6.23. The monoisotopic (exact) mass is 255 g/mol. The third kappa shape index (κ3) is 5.33. The molecule has 96 valence electrons. The van der Waals surface area contributed by atoms with Gasteiger partial charge < -0.3 is 0 Å². The summed E-state index contributed by atoms with van der Waals surface area (Å²) in [5.74, 6) is 0.567. The standard InChI is InChI=1S/C13H21NO2S/c1-10(2)8-12-4-6-13(7-5-12)11(3)9-17(14,15)16/h4-7,10-11H,8-9H2,1-3H3,(H2,14,15,16). The average molecular weight is 255 g/mol. The average Bonchev–Trinajstić information content (AvgIpc) is 2.15. The van der Waals surface area contributed by atoms with Gasteiger partial charge in [0.1, 0.15) is 0 Å². The molecule has 0 fully saturated rings.